The summed E-state index contributed by atoms with van der Waals surface area (Å²) in [5, 5.41) is 0.352. The molecule has 0 heterocycles. The summed E-state index contributed by atoms with van der Waals surface area (Å²) < 4.78 is 6.11. The summed E-state index contributed by atoms with van der Waals surface area (Å²) in [4.78, 5) is 0. The zero-order chi connectivity index (χ0) is 12.1. The highest BCUT2D eigenvalue weighted by Crippen LogP contribution is 2.36. The zero-order valence-corrected chi connectivity index (χ0v) is 12.8. The average Bonchev–Trinajstić information content (AvgIpc) is 2.00. The van der Waals surface area contributed by atoms with E-state index >= 15 is 0 Å². The fourth-order valence-electron chi connectivity index (χ4n) is 1.20. The third-order valence-corrected chi connectivity index (χ3v) is 7.98. The molecule has 0 unspecified atom stereocenters. The van der Waals surface area contributed by atoms with Crippen molar-refractivity contribution in [2.45, 2.75) is 72.0 Å². The smallest absolute Gasteiger partial charge is 0.191 e. The van der Waals surface area contributed by atoms with Crippen molar-refractivity contribution in [2.75, 3.05) is 6.61 Å². The number of rotatable bonds is 6. The van der Waals surface area contributed by atoms with Gasteiger partial charge in [-0.1, -0.05) is 47.5 Å². The van der Waals surface area contributed by atoms with Crippen molar-refractivity contribution in [3.05, 3.63) is 0 Å². The first-order chi connectivity index (χ1) is 6.67. The molecule has 0 aliphatic rings. The summed E-state index contributed by atoms with van der Waals surface area (Å²) in [5.41, 5.74) is 0. The molecule has 0 amide bonds. The fraction of sp³-hybridized carbons (Fsp3) is 1.00. The van der Waals surface area contributed by atoms with Crippen molar-refractivity contribution < 1.29 is 4.43 Å². The van der Waals surface area contributed by atoms with Crippen LogP contribution in [0.3, 0.4) is 0 Å². The first-order valence-electron chi connectivity index (χ1n) is 6.31. The number of unbranched alkanes of at least 4 members (excludes halogenated alkanes) is 1. The molecule has 0 aromatic heterocycles. The van der Waals surface area contributed by atoms with Crippen LogP contribution < -0.4 is 0 Å². The minimum absolute atomic E-state index is 0.352. The Morgan fingerprint density at radius 1 is 1.07 bits per heavy atom. The molecule has 0 saturated carbocycles. The Balaban J connectivity index is 3.68. The Hall–Kier alpha value is 0.177. The monoisotopic (exact) mass is 230 g/mol. The molecule has 2 heteroatoms. The lowest BCUT2D eigenvalue weighted by Gasteiger charge is -2.36. The van der Waals surface area contributed by atoms with Gasteiger partial charge in [-0.2, -0.15) is 0 Å². The van der Waals surface area contributed by atoms with Crippen molar-refractivity contribution in [1.82, 2.24) is 0 Å². The van der Waals surface area contributed by atoms with Crippen LogP contribution in [0.15, 0.2) is 0 Å². The maximum Gasteiger partial charge on any atom is 0.191 e. The molecule has 0 N–H and O–H groups in total. The van der Waals surface area contributed by atoms with Crippen molar-refractivity contribution in [1.29, 1.82) is 0 Å². The van der Waals surface area contributed by atoms with E-state index in [1.54, 1.807) is 0 Å². The Kier molecular flexibility index (Phi) is 6.12. The lowest BCUT2D eigenvalue weighted by Crippen LogP contribution is -2.40. The van der Waals surface area contributed by atoms with Gasteiger partial charge >= 0.3 is 0 Å². The maximum absolute atomic E-state index is 6.11. The van der Waals surface area contributed by atoms with E-state index in [1.807, 2.05) is 0 Å². The second kappa shape index (κ2) is 6.05. The van der Waals surface area contributed by atoms with E-state index in [9.17, 15) is 0 Å². The number of hydrogen-bond donors (Lipinski definition) is 0. The molecule has 0 aliphatic heterocycles. The highest BCUT2D eigenvalue weighted by atomic mass is 28.4. The lowest BCUT2D eigenvalue weighted by atomic mass is 10.1. The van der Waals surface area contributed by atoms with Gasteiger partial charge in [-0.3, -0.25) is 0 Å². The molecular formula is C13H30OSi. The molecule has 0 spiro atoms. The van der Waals surface area contributed by atoms with Gasteiger partial charge in [0, 0.05) is 6.61 Å². The van der Waals surface area contributed by atoms with Gasteiger partial charge in [0.05, 0.1) is 0 Å². The van der Waals surface area contributed by atoms with Crippen molar-refractivity contribution in [3.8, 4) is 0 Å². The second-order valence-corrected chi connectivity index (χ2v) is 11.3. The predicted octanol–water partition coefficient (Wildman–Crippen LogP) is 4.83. The van der Waals surface area contributed by atoms with Crippen molar-refractivity contribution >= 4 is 8.32 Å². The first kappa shape index (κ1) is 15.2. The number of hydrogen-bond acceptors (Lipinski definition) is 1. The summed E-state index contributed by atoms with van der Waals surface area (Å²) in [6, 6.07) is 0. The van der Waals surface area contributed by atoms with Crippen molar-refractivity contribution in [2.24, 2.45) is 5.92 Å². The van der Waals surface area contributed by atoms with Gasteiger partial charge < -0.3 is 4.43 Å². The molecule has 0 rings (SSSR count). The fourth-order valence-corrected chi connectivity index (χ4v) is 2.29. The van der Waals surface area contributed by atoms with Crippen LogP contribution in [0, 0.1) is 5.92 Å². The normalized spacial score (nSPS) is 13.6. The van der Waals surface area contributed by atoms with Crippen LogP contribution in [0.2, 0.25) is 18.1 Å². The van der Waals surface area contributed by atoms with E-state index in [-0.39, 0.29) is 0 Å². The third-order valence-electron chi connectivity index (χ3n) is 3.44. The second-order valence-electron chi connectivity index (χ2n) is 6.50. The van der Waals surface area contributed by atoms with Crippen LogP contribution in [-0.4, -0.2) is 14.9 Å². The molecule has 0 aromatic rings. The topological polar surface area (TPSA) is 9.23 Å². The largest absolute Gasteiger partial charge is 0.417 e. The molecule has 0 radical (unpaired) electrons. The molecular weight excluding hydrogens is 200 g/mol. The van der Waals surface area contributed by atoms with Gasteiger partial charge in [-0.05, 0) is 30.5 Å². The molecule has 92 valence electrons. The average molecular weight is 230 g/mol. The van der Waals surface area contributed by atoms with E-state index in [0.29, 0.717) is 5.04 Å². The summed E-state index contributed by atoms with van der Waals surface area (Å²) in [6.45, 7) is 17.1. The molecule has 0 fully saturated rings. The van der Waals surface area contributed by atoms with E-state index in [4.69, 9.17) is 4.43 Å². The third kappa shape index (κ3) is 6.36. The van der Waals surface area contributed by atoms with Crippen LogP contribution in [0.1, 0.15) is 53.9 Å². The standard InChI is InChI=1S/C13H30OSi/c1-12(2)10-8-9-11-14-15(6,7)13(3,4)5/h12H,8-11H2,1-7H3. The van der Waals surface area contributed by atoms with E-state index in [1.165, 1.54) is 19.3 Å². The minimum Gasteiger partial charge on any atom is -0.417 e. The van der Waals surface area contributed by atoms with Crippen LogP contribution in [0.5, 0.6) is 0 Å². The first-order valence-corrected chi connectivity index (χ1v) is 9.21. The minimum atomic E-state index is -1.48. The summed E-state index contributed by atoms with van der Waals surface area (Å²) in [7, 11) is -1.48. The molecule has 15 heavy (non-hydrogen) atoms. The maximum atomic E-state index is 6.11. The van der Waals surface area contributed by atoms with Crippen LogP contribution >= 0.6 is 0 Å². The van der Waals surface area contributed by atoms with Gasteiger partial charge in [0.25, 0.3) is 0 Å². The highest BCUT2D eigenvalue weighted by Gasteiger charge is 2.36. The Morgan fingerprint density at radius 2 is 1.60 bits per heavy atom. The van der Waals surface area contributed by atoms with Crippen LogP contribution in [-0.2, 0) is 4.43 Å². The Labute approximate surface area is 97.7 Å². The summed E-state index contributed by atoms with van der Waals surface area (Å²) in [5.74, 6) is 0.831. The highest BCUT2D eigenvalue weighted by molar-refractivity contribution is 6.74. The Bertz CT molecular complexity index is 168. The molecule has 0 aromatic carbocycles. The van der Waals surface area contributed by atoms with Crippen molar-refractivity contribution in [3.63, 3.8) is 0 Å². The molecule has 1 nitrogen and oxygen atoms in total. The quantitative estimate of drug-likeness (QED) is 0.469. The molecule has 0 atom stereocenters. The molecule has 0 aliphatic carbocycles. The van der Waals surface area contributed by atoms with Gasteiger partial charge in [-0.25, -0.2) is 0 Å². The van der Waals surface area contributed by atoms with Gasteiger partial charge in [0.2, 0.25) is 0 Å². The van der Waals surface area contributed by atoms with Crippen LogP contribution in [0.4, 0.5) is 0 Å². The van der Waals surface area contributed by atoms with E-state index in [2.05, 4.69) is 47.7 Å². The summed E-state index contributed by atoms with van der Waals surface area (Å²) >= 11 is 0. The van der Waals surface area contributed by atoms with Crippen LogP contribution in [0.25, 0.3) is 0 Å². The van der Waals surface area contributed by atoms with Gasteiger partial charge in [-0.15, -0.1) is 0 Å². The molecule has 0 saturated heterocycles. The predicted molar refractivity (Wildman–Crippen MR) is 71.8 cm³/mol. The SMILES string of the molecule is CC(C)CCCCO[Si](C)(C)C(C)(C)C. The zero-order valence-electron chi connectivity index (χ0n) is 11.8. The molecule has 0 bridgehead atoms. The van der Waals surface area contributed by atoms with Gasteiger partial charge in [0.15, 0.2) is 8.32 Å². The summed E-state index contributed by atoms with van der Waals surface area (Å²) in [6.07, 6.45) is 3.87. The van der Waals surface area contributed by atoms with Gasteiger partial charge in [0.1, 0.15) is 0 Å². The van der Waals surface area contributed by atoms with E-state index < -0.39 is 8.32 Å². The van der Waals surface area contributed by atoms with E-state index in [0.717, 1.165) is 12.5 Å². The lowest BCUT2D eigenvalue weighted by molar-refractivity contribution is 0.275. The Morgan fingerprint density at radius 3 is 2.00 bits per heavy atom.